The fourth-order valence-electron chi connectivity index (χ4n) is 3.63. The van der Waals surface area contributed by atoms with E-state index >= 15 is 0 Å². The summed E-state index contributed by atoms with van der Waals surface area (Å²) in [5, 5.41) is 4.47. The summed E-state index contributed by atoms with van der Waals surface area (Å²) in [6, 6.07) is 19.0. The molecule has 0 aromatic heterocycles. The molecular weight excluding hydrogens is 514 g/mol. The minimum Gasteiger partial charge on any atom is -0.355 e. The highest BCUT2D eigenvalue weighted by molar-refractivity contribution is 6.42. The van der Waals surface area contributed by atoms with E-state index < -0.39 is 6.04 Å². The number of nitrogens with zero attached hydrogens (tertiary/aromatic N) is 1. The van der Waals surface area contributed by atoms with Gasteiger partial charge in [0.1, 0.15) is 6.04 Å². The molecule has 0 heterocycles. The summed E-state index contributed by atoms with van der Waals surface area (Å²) in [5.41, 5.74) is 2.19. The van der Waals surface area contributed by atoms with Crippen molar-refractivity contribution in [2.75, 3.05) is 6.54 Å². The fraction of sp³-hybridized carbons (Fsp3) is 0.231. The number of carbonyl (C=O) groups excluding carboxylic acids is 2. The second-order valence-corrected chi connectivity index (χ2v) is 9.38. The van der Waals surface area contributed by atoms with Crippen molar-refractivity contribution in [3.63, 3.8) is 0 Å². The Labute approximate surface area is 219 Å². The minimum absolute atomic E-state index is 0.0314. The van der Waals surface area contributed by atoms with Gasteiger partial charge in [-0.3, -0.25) is 9.59 Å². The number of hydrogen-bond donors (Lipinski definition) is 1. The highest BCUT2D eigenvalue weighted by Gasteiger charge is 2.31. The minimum atomic E-state index is -0.773. The topological polar surface area (TPSA) is 49.4 Å². The summed E-state index contributed by atoms with van der Waals surface area (Å²) in [5.74, 6) is -0.515. The monoisotopic (exact) mass is 536 g/mol. The highest BCUT2D eigenvalue weighted by atomic mass is 35.5. The van der Waals surface area contributed by atoms with Crippen LogP contribution < -0.4 is 5.32 Å². The Morgan fingerprint density at radius 2 is 1.50 bits per heavy atom. The maximum absolute atomic E-state index is 13.7. The summed E-state index contributed by atoms with van der Waals surface area (Å²) in [6.45, 7) is 2.35. The van der Waals surface area contributed by atoms with Gasteiger partial charge in [-0.05, 0) is 42.3 Å². The molecule has 0 aliphatic rings. The van der Waals surface area contributed by atoms with Crippen molar-refractivity contribution in [3.8, 4) is 0 Å². The first-order valence-corrected chi connectivity index (χ1v) is 12.3. The number of carbonyl (C=O) groups is 2. The fourth-order valence-corrected chi connectivity index (χ4v) is 4.46. The van der Waals surface area contributed by atoms with Gasteiger partial charge < -0.3 is 10.2 Å². The van der Waals surface area contributed by atoms with Crippen LogP contribution in [0.2, 0.25) is 20.1 Å². The number of benzene rings is 3. The van der Waals surface area contributed by atoms with E-state index in [9.17, 15) is 9.59 Å². The van der Waals surface area contributed by atoms with Crippen LogP contribution in [0.3, 0.4) is 0 Å². The van der Waals surface area contributed by atoms with Gasteiger partial charge in [-0.2, -0.15) is 0 Å². The maximum Gasteiger partial charge on any atom is 0.243 e. The van der Waals surface area contributed by atoms with Gasteiger partial charge in [0.15, 0.2) is 0 Å². The summed E-state index contributed by atoms with van der Waals surface area (Å²) < 4.78 is 0. The van der Waals surface area contributed by atoms with E-state index in [1.807, 2.05) is 37.3 Å². The van der Waals surface area contributed by atoms with Crippen LogP contribution >= 0.6 is 46.4 Å². The van der Waals surface area contributed by atoms with E-state index in [4.69, 9.17) is 46.4 Å². The van der Waals surface area contributed by atoms with E-state index in [1.54, 1.807) is 36.4 Å². The van der Waals surface area contributed by atoms with Crippen molar-refractivity contribution in [1.29, 1.82) is 0 Å². The van der Waals surface area contributed by atoms with Gasteiger partial charge in [0.05, 0.1) is 16.5 Å². The zero-order valence-corrected chi connectivity index (χ0v) is 21.6. The van der Waals surface area contributed by atoms with Crippen molar-refractivity contribution in [3.05, 3.63) is 104 Å². The van der Waals surface area contributed by atoms with E-state index in [2.05, 4.69) is 5.32 Å². The Bertz CT molecular complexity index is 1130. The molecule has 3 aromatic carbocycles. The molecule has 0 aliphatic carbocycles. The van der Waals surface area contributed by atoms with E-state index in [0.29, 0.717) is 44.2 Å². The van der Waals surface area contributed by atoms with Crippen LogP contribution in [0.15, 0.2) is 66.7 Å². The summed E-state index contributed by atoms with van der Waals surface area (Å²) in [4.78, 5) is 28.4. The van der Waals surface area contributed by atoms with Gasteiger partial charge in [-0.25, -0.2) is 0 Å². The van der Waals surface area contributed by atoms with Crippen LogP contribution in [0.1, 0.15) is 23.6 Å². The quantitative estimate of drug-likeness (QED) is 0.333. The van der Waals surface area contributed by atoms with Crippen molar-refractivity contribution in [2.45, 2.75) is 32.4 Å². The van der Waals surface area contributed by atoms with Gasteiger partial charge in [0, 0.05) is 35.1 Å². The Balaban J connectivity index is 2.01. The van der Waals surface area contributed by atoms with Crippen LogP contribution in [0.25, 0.3) is 0 Å². The Kier molecular flexibility index (Phi) is 9.66. The summed E-state index contributed by atoms with van der Waals surface area (Å²) in [6.07, 6.45) is 0.367. The van der Waals surface area contributed by atoms with E-state index in [1.165, 1.54) is 4.90 Å². The van der Waals surface area contributed by atoms with Crippen LogP contribution in [-0.2, 0) is 29.0 Å². The number of nitrogens with one attached hydrogen (secondary N) is 1. The molecule has 0 bridgehead atoms. The normalized spacial score (nSPS) is 11.7. The van der Waals surface area contributed by atoms with Crippen LogP contribution in [0, 0.1) is 0 Å². The molecule has 0 unspecified atom stereocenters. The molecule has 1 N–H and O–H groups in total. The van der Waals surface area contributed by atoms with Gasteiger partial charge >= 0.3 is 0 Å². The van der Waals surface area contributed by atoms with Crippen molar-refractivity contribution >= 4 is 58.2 Å². The average Bonchev–Trinajstić information content (AvgIpc) is 2.81. The Morgan fingerprint density at radius 3 is 2.12 bits per heavy atom. The molecule has 3 rings (SSSR count). The second-order valence-electron chi connectivity index (χ2n) is 7.75. The van der Waals surface area contributed by atoms with Crippen molar-refractivity contribution < 1.29 is 9.59 Å². The predicted octanol–water partition coefficient (Wildman–Crippen LogP) is 6.62. The van der Waals surface area contributed by atoms with Gasteiger partial charge in [-0.1, -0.05) is 88.9 Å². The second kappa shape index (κ2) is 12.5. The lowest BCUT2D eigenvalue weighted by molar-refractivity contribution is -0.140. The molecule has 178 valence electrons. The third-order valence-electron chi connectivity index (χ3n) is 5.35. The van der Waals surface area contributed by atoms with Crippen LogP contribution in [-0.4, -0.2) is 29.3 Å². The predicted molar refractivity (Wildman–Crippen MR) is 140 cm³/mol. The molecule has 0 saturated heterocycles. The first-order chi connectivity index (χ1) is 16.3. The largest absolute Gasteiger partial charge is 0.355 e. The van der Waals surface area contributed by atoms with Gasteiger partial charge in [-0.15, -0.1) is 0 Å². The zero-order chi connectivity index (χ0) is 24.7. The standard InChI is InChI=1S/C26H24Cl4N2O2/c1-2-31-26(34)24(14-17-7-4-3-5-8-17)32(16-19-20(27)9-6-10-21(19)28)25(33)15-18-11-12-22(29)23(30)13-18/h3-13,24H,2,14-16H2,1H3,(H,31,34)/t24-/m0/s1. The number of halogens is 4. The SMILES string of the molecule is CCNC(=O)[C@H](Cc1ccccc1)N(Cc1c(Cl)cccc1Cl)C(=O)Cc1ccc(Cl)c(Cl)c1. The lowest BCUT2D eigenvalue weighted by Gasteiger charge is -2.32. The van der Waals surface area contributed by atoms with Crippen molar-refractivity contribution in [2.24, 2.45) is 0 Å². The molecule has 0 aliphatic heterocycles. The number of likely N-dealkylation sites (N-methyl/N-ethyl adjacent to an activating group) is 1. The first kappa shape index (κ1) is 26.4. The lowest BCUT2D eigenvalue weighted by Crippen LogP contribution is -2.51. The molecule has 2 amide bonds. The number of amides is 2. The zero-order valence-electron chi connectivity index (χ0n) is 18.5. The molecule has 0 spiro atoms. The molecule has 0 fully saturated rings. The molecule has 8 heteroatoms. The molecule has 34 heavy (non-hydrogen) atoms. The smallest absolute Gasteiger partial charge is 0.243 e. The van der Waals surface area contributed by atoms with Gasteiger partial charge in [0.25, 0.3) is 0 Å². The number of hydrogen-bond acceptors (Lipinski definition) is 2. The molecule has 4 nitrogen and oxygen atoms in total. The summed E-state index contributed by atoms with van der Waals surface area (Å²) in [7, 11) is 0. The van der Waals surface area contributed by atoms with Crippen molar-refractivity contribution in [1.82, 2.24) is 10.2 Å². The van der Waals surface area contributed by atoms with Crippen LogP contribution in [0.4, 0.5) is 0 Å². The molecule has 1 atom stereocenters. The molecule has 0 saturated carbocycles. The third kappa shape index (κ3) is 6.89. The van der Waals surface area contributed by atoms with Gasteiger partial charge in [0.2, 0.25) is 11.8 Å². The summed E-state index contributed by atoms with van der Waals surface area (Å²) >= 11 is 25.0. The van der Waals surface area contributed by atoms with Crippen LogP contribution in [0.5, 0.6) is 0 Å². The molecular formula is C26H24Cl4N2O2. The third-order valence-corrected chi connectivity index (χ3v) is 6.80. The number of rotatable bonds is 9. The maximum atomic E-state index is 13.7. The highest BCUT2D eigenvalue weighted by Crippen LogP contribution is 2.28. The first-order valence-electron chi connectivity index (χ1n) is 10.8. The lowest BCUT2D eigenvalue weighted by atomic mass is 10.0. The molecule has 3 aromatic rings. The average molecular weight is 538 g/mol. The Hall–Kier alpha value is -2.24. The van der Waals surface area contributed by atoms with E-state index in [0.717, 1.165) is 5.56 Å². The van der Waals surface area contributed by atoms with E-state index in [-0.39, 0.29) is 24.8 Å². The Morgan fingerprint density at radius 1 is 0.824 bits per heavy atom. The molecule has 0 radical (unpaired) electrons.